The van der Waals surface area contributed by atoms with Crippen molar-refractivity contribution in [2.24, 2.45) is 0 Å². The lowest BCUT2D eigenvalue weighted by atomic mass is 9.96. The smallest absolute Gasteiger partial charge is 0.387 e. The normalized spacial score (nSPS) is 18.4. The number of hydrogen-bond donors (Lipinski definition) is 1. The SMILES string of the molecule is Cc1cc(C(C)(C)O[Si](C)(C)C(C)(C)C)ncc1-c1ccc2nc3n(c2c1)[C@@H]1CC3NC(=O)c2cccc(OC(F)F)c21. The number of fused-ring (bicyclic) bond motifs is 9. The van der Waals surface area contributed by atoms with E-state index in [1.165, 1.54) is 6.07 Å². The number of aryl methyl sites for hydroxylation is 1. The second-order valence-electron chi connectivity index (χ2n) is 13.7. The molecule has 10 heteroatoms. The number of halogens is 2. The van der Waals surface area contributed by atoms with E-state index in [0.29, 0.717) is 23.4 Å². The molecule has 4 aromatic rings. The summed E-state index contributed by atoms with van der Waals surface area (Å²) >= 11 is 0. The van der Waals surface area contributed by atoms with Crippen molar-refractivity contribution in [1.82, 2.24) is 19.9 Å². The molecule has 43 heavy (non-hydrogen) atoms. The summed E-state index contributed by atoms with van der Waals surface area (Å²) in [5.41, 5.74) is 5.78. The number of aromatic nitrogens is 3. The first kappa shape index (κ1) is 29.4. The Labute approximate surface area is 251 Å². The largest absolute Gasteiger partial charge is 0.434 e. The molecule has 2 aliphatic rings. The third kappa shape index (κ3) is 4.94. The van der Waals surface area contributed by atoms with Gasteiger partial charge in [0.25, 0.3) is 5.91 Å². The Balaban J connectivity index is 1.41. The van der Waals surface area contributed by atoms with Gasteiger partial charge in [0.05, 0.1) is 34.4 Å². The molecule has 4 heterocycles. The van der Waals surface area contributed by atoms with Gasteiger partial charge in [-0.3, -0.25) is 9.78 Å². The molecule has 6 rings (SSSR count). The van der Waals surface area contributed by atoms with Crippen molar-refractivity contribution in [3.05, 3.63) is 76.9 Å². The van der Waals surface area contributed by atoms with Crippen LogP contribution in [0.15, 0.2) is 48.7 Å². The molecule has 1 unspecified atom stereocenters. The summed E-state index contributed by atoms with van der Waals surface area (Å²) in [4.78, 5) is 22.8. The predicted molar refractivity (Wildman–Crippen MR) is 165 cm³/mol. The van der Waals surface area contributed by atoms with Crippen LogP contribution in [-0.2, 0) is 10.0 Å². The summed E-state index contributed by atoms with van der Waals surface area (Å²) in [6.45, 7) is 14.4. The number of alkyl halides is 2. The Morgan fingerprint density at radius 3 is 2.49 bits per heavy atom. The maximum atomic E-state index is 13.4. The number of pyridine rings is 1. The van der Waals surface area contributed by atoms with Crippen molar-refractivity contribution in [3.63, 3.8) is 0 Å². The second kappa shape index (κ2) is 9.95. The highest BCUT2D eigenvalue weighted by Gasteiger charge is 2.43. The van der Waals surface area contributed by atoms with Crippen LogP contribution in [0.25, 0.3) is 22.2 Å². The van der Waals surface area contributed by atoms with Gasteiger partial charge in [-0.1, -0.05) is 32.9 Å². The average Bonchev–Trinajstić information content (AvgIpc) is 3.39. The summed E-state index contributed by atoms with van der Waals surface area (Å²) in [7, 11) is -2.03. The van der Waals surface area contributed by atoms with E-state index in [9.17, 15) is 13.6 Å². The second-order valence-corrected chi connectivity index (χ2v) is 18.4. The molecule has 2 atom stereocenters. The minimum absolute atomic E-state index is 0.0114. The van der Waals surface area contributed by atoms with Crippen molar-refractivity contribution in [1.29, 1.82) is 0 Å². The van der Waals surface area contributed by atoms with E-state index in [4.69, 9.17) is 19.1 Å². The Morgan fingerprint density at radius 2 is 1.81 bits per heavy atom. The number of amides is 1. The number of benzene rings is 2. The van der Waals surface area contributed by atoms with Gasteiger partial charge in [0.2, 0.25) is 0 Å². The number of nitrogens with zero attached hydrogens (tertiary/aromatic N) is 3. The highest BCUT2D eigenvalue weighted by atomic mass is 28.4. The molecule has 1 N–H and O–H groups in total. The molecule has 0 aliphatic carbocycles. The van der Waals surface area contributed by atoms with Gasteiger partial charge >= 0.3 is 6.61 Å². The summed E-state index contributed by atoms with van der Waals surface area (Å²) in [6, 6.07) is 12.1. The Kier molecular flexibility index (Phi) is 6.81. The van der Waals surface area contributed by atoms with Crippen LogP contribution in [-0.4, -0.2) is 35.4 Å². The van der Waals surface area contributed by atoms with E-state index < -0.39 is 20.5 Å². The minimum Gasteiger partial charge on any atom is -0.434 e. The summed E-state index contributed by atoms with van der Waals surface area (Å²) < 4.78 is 40.5. The van der Waals surface area contributed by atoms with Gasteiger partial charge in [-0.25, -0.2) is 4.98 Å². The first-order valence-electron chi connectivity index (χ1n) is 14.7. The third-order valence-corrected chi connectivity index (χ3v) is 14.0. The maximum Gasteiger partial charge on any atom is 0.387 e. The van der Waals surface area contributed by atoms with Crippen molar-refractivity contribution < 1.29 is 22.7 Å². The Morgan fingerprint density at radius 1 is 1.07 bits per heavy atom. The van der Waals surface area contributed by atoms with Crippen LogP contribution in [0.1, 0.15) is 86.1 Å². The van der Waals surface area contributed by atoms with Crippen LogP contribution in [0.4, 0.5) is 8.78 Å². The van der Waals surface area contributed by atoms with E-state index in [2.05, 4.69) is 76.7 Å². The van der Waals surface area contributed by atoms with Gasteiger partial charge in [0, 0.05) is 22.9 Å². The van der Waals surface area contributed by atoms with Crippen LogP contribution in [0, 0.1) is 6.92 Å². The van der Waals surface area contributed by atoms with E-state index >= 15 is 0 Å². The molecule has 0 saturated heterocycles. The highest BCUT2D eigenvalue weighted by molar-refractivity contribution is 6.74. The van der Waals surface area contributed by atoms with E-state index in [1.807, 2.05) is 18.3 Å². The van der Waals surface area contributed by atoms with Gasteiger partial charge in [-0.15, -0.1) is 0 Å². The number of nitrogens with one attached hydrogen (secondary N) is 1. The Hall–Kier alpha value is -3.63. The van der Waals surface area contributed by atoms with Gasteiger partial charge in [0.15, 0.2) is 8.32 Å². The van der Waals surface area contributed by atoms with E-state index in [-0.39, 0.29) is 28.8 Å². The van der Waals surface area contributed by atoms with Crippen LogP contribution < -0.4 is 10.1 Å². The molecule has 0 saturated carbocycles. The fourth-order valence-corrected chi connectivity index (χ4v) is 7.89. The van der Waals surface area contributed by atoms with Crippen molar-refractivity contribution in [2.45, 2.75) is 90.4 Å². The van der Waals surface area contributed by atoms with Crippen LogP contribution in [0.3, 0.4) is 0 Å². The topological polar surface area (TPSA) is 78.3 Å². The molecule has 0 radical (unpaired) electrons. The predicted octanol–water partition coefficient (Wildman–Crippen LogP) is 8.04. The lowest BCUT2D eigenvalue weighted by Crippen LogP contribution is -2.46. The average molecular weight is 605 g/mol. The fourth-order valence-electron chi connectivity index (χ4n) is 6.21. The minimum atomic E-state index is -3.00. The molecule has 1 amide bonds. The number of rotatable bonds is 6. The number of ether oxygens (including phenoxy) is 1. The zero-order valence-corrected chi connectivity index (χ0v) is 26.9. The molecule has 0 fully saturated rings. The maximum absolute atomic E-state index is 13.4. The lowest BCUT2D eigenvalue weighted by molar-refractivity contribution is -0.0507. The fraction of sp³-hybridized carbons (Fsp3) is 0.424. The molecule has 0 spiro atoms. The van der Waals surface area contributed by atoms with Crippen molar-refractivity contribution in [2.75, 3.05) is 0 Å². The van der Waals surface area contributed by atoms with Gasteiger partial charge in [-0.05, 0) is 86.8 Å². The van der Waals surface area contributed by atoms with Gasteiger partial charge in [0.1, 0.15) is 11.6 Å². The standard InChI is InChI=1S/C33H38F2N4O3Si/c1-18-14-27(33(5,6)42-43(7,8)32(2,3)4)36-17-21(18)19-12-13-22-24(15-19)39-25-16-23(29(39)37-22)38-30(40)20-10-9-11-26(28(20)25)41-31(34)35/h9-15,17,23,25,31H,16H2,1-8H3,(H,38,40)/t23?,25-/m1/s1. The molecular formula is C33H38F2N4O3Si. The number of carbonyl (C=O) groups is 1. The zero-order valence-electron chi connectivity index (χ0n) is 25.9. The summed E-state index contributed by atoms with van der Waals surface area (Å²) in [5.74, 6) is 0.401. The third-order valence-electron chi connectivity index (χ3n) is 9.32. The number of carbonyl (C=O) groups excluding carboxylic acids is 1. The molecule has 2 aliphatic heterocycles. The highest BCUT2D eigenvalue weighted by Crippen LogP contribution is 2.48. The molecule has 2 bridgehead atoms. The van der Waals surface area contributed by atoms with Crippen molar-refractivity contribution in [3.8, 4) is 16.9 Å². The zero-order chi connectivity index (χ0) is 31.1. The van der Waals surface area contributed by atoms with Crippen LogP contribution in [0.5, 0.6) is 5.75 Å². The quantitative estimate of drug-likeness (QED) is 0.225. The van der Waals surface area contributed by atoms with Gasteiger partial charge < -0.3 is 19.0 Å². The Bertz CT molecular complexity index is 1760. The summed E-state index contributed by atoms with van der Waals surface area (Å²) in [5, 5.41) is 3.12. The molecule has 226 valence electrons. The van der Waals surface area contributed by atoms with Crippen molar-refractivity contribution >= 4 is 25.3 Å². The van der Waals surface area contributed by atoms with E-state index in [0.717, 1.165) is 33.4 Å². The number of imidazole rings is 1. The molecule has 2 aromatic heterocycles. The van der Waals surface area contributed by atoms with Crippen LogP contribution in [0.2, 0.25) is 18.1 Å². The lowest BCUT2D eigenvalue weighted by Gasteiger charge is -2.42. The molecule has 7 nitrogen and oxygen atoms in total. The molecule has 2 aromatic carbocycles. The molecular weight excluding hydrogens is 566 g/mol. The monoisotopic (exact) mass is 604 g/mol. The first-order chi connectivity index (χ1) is 20.1. The van der Waals surface area contributed by atoms with Crippen LogP contribution >= 0.6 is 0 Å². The summed E-state index contributed by atoms with van der Waals surface area (Å²) in [6.07, 6.45) is 2.40. The number of hydrogen-bond acceptors (Lipinski definition) is 5. The first-order valence-corrected chi connectivity index (χ1v) is 17.6. The van der Waals surface area contributed by atoms with Gasteiger partial charge in [-0.2, -0.15) is 8.78 Å². The van der Waals surface area contributed by atoms with E-state index in [1.54, 1.807) is 12.1 Å².